The van der Waals surface area contributed by atoms with Gasteiger partial charge in [-0.25, -0.2) is 12.8 Å². The van der Waals surface area contributed by atoms with Crippen molar-refractivity contribution in [3.05, 3.63) is 24.0 Å². The molecule has 16 heavy (non-hydrogen) atoms. The second kappa shape index (κ2) is 5.54. The molecule has 0 spiro atoms. The summed E-state index contributed by atoms with van der Waals surface area (Å²) in [5.41, 5.74) is 6.00. The number of sulfone groups is 1. The number of benzene rings is 1. The van der Waals surface area contributed by atoms with Crippen LogP contribution in [0.25, 0.3) is 0 Å². The Morgan fingerprint density at radius 2 is 2.12 bits per heavy atom. The number of nitrogen functional groups attached to an aromatic ring is 1. The van der Waals surface area contributed by atoms with E-state index in [-0.39, 0.29) is 11.6 Å². The summed E-state index contributed by atoms with van der Waals surface area (Å²) in [6.45, 7) is 0. The van der Waals surface area contributed by atoms with Gasteiger partial charge in [-0.05, 0) is 30.4 Å². The van der Waals surface area contributed by atoms with Crippen molar-refractivity contribution < 1.29 is 12.8 Å². The fraction of sp³-hybridized carbons (Fsp3) is 0.400. The summed E-state index contributed by atoms with van der Waals surface area (Å²) in [4.78, 5) is 0.787. The topological polar surface area (TPSA) is 60.2 Å². The van der Waals surface area contributed by atoms with Crippen molar-refractivity contribution in [2.75, 3.05) is 23.5 Å². The second-order valence-electron chi connectivity index (χ2n) is 3.51. The third-order valence-corrected chi connectivity index (χ3v) is 4.09. The largest absolute Gasteiger partial charge is 0.398 e. The van der Waals surface area contributed by atoms with Crippen LogP contribution < -0.4 is 5.73 Å². The molecule has 6 heteroatoms. The van der Waals surface area contributed by atoms with Gasteiger partial charge in [0.15, 0.2) is 0 Å². The molecule has 0 saturated heterocycles. The van der Waals surface area contributed by atoms with Crippen molar-refractivity contribution in [1.82, 2.24) is 0 Å². The average molecular weight is 263 g/mol. The third kappa shape index (κ3) is 4.85. The number of halogens is 1. The Morgan fingerprint density at radius 1 is 1.44 bits per heavy atom. The van der Waals surface area contributed by atoms with E-state index in [0.717, 1.165) is 4.90 Å². The van der Waals surface area contributed by atoms with E-state index in [4.69, 9.17) is 5.73 Å². The third-order valence-electron chi connectivity index (χ3n) is 1.89. The maximum Gasteiger partial charge on any atom is 0.147 e. The fourth-order valence-corrected chi connectivity index (χ4v) is 2.90. The molecule has 0 aliphatic carbocycles. The van der Waals surface area contributed by atoms with E-state index >= 15 is 0 Å². The van der Waals surface area contributed by atoms with Gasteiger partial charge in [-0.3, -0.25) is 0 Å². The van der Waals surface area contributed by atoms with Crippen LogP contribution in [0, 0.1) is 5.82 Å². The molecule has 2 N–H and O–H groups in total. The van der Waals surface area contributed by atoms with Gasteiger partial charge in [-0.2, -0.15) is 0 Å². The molecular weight excluding hydrogens is 249 g/mol. The second-order valence-corrected chi connectivity index (χ2v) is 6.91. The normalized spacial score (nSPS) is 11.6. The lowest BCUT2D eigenvalue weighted by molar-refractivity contribution is 0.600. The van der Waals surface area contributed by atoms with Crippen LogP contribution in [0.5, 0.6) is 0 Å². The van der Waals surface area contributed by atoms with Gasteiger partial charge in [0.05, 0.1) is 5.75 Å². The van der Waals surface area contributed by atoms with Crippen molar-refractivity contribution in [3.63, 3.8) is 0 Å². The molecule has 0 bridgehead atoms. The van der Waals surface area contributed by atoms with Gasteiger partial charge in [0.2, 0.25) is 0 Å². The maximum atomic E-state index is 12.7. The molecule has 0 aliphatic heterocycles. The molecule has 90 valence electrons. The molecule has 3 nitrogen and oxygen atoms in total. The minimum atomic E-state index is -2.90. The number of rotatable bonds is 5. The minimum Gasteiger partial charge on any atom is -0.398 e. The Balaban J connectivity index is 2.43. The van der Waals surface area contributed by atoms with Crippen LogP contribution in [0.4, 0.5) is 10.1 Å². The first kappa shape index (κ1) is 13.3. The SMILES string of the molecule is CS(=O)(=O)CCCSc1ccc(F)cc1N. The van der Waals surface area contributed by atoms with Crippen molar-refractivity contribution in [2.24, 2.45) is 0 Å². The lowest BCUT2D eigenvalue weighted by Crippen LogP contribution is -2.03. The lowest BCUT2D eigenvalue weighted by atomic mass is 10.3. The molecule has 0 fully saturated rings. The summed E-state index contributed by atoms with van der Waals surface area (Å²) >= 11 is 1.44. The molecule has 0 radical (unpaired) electrons. The summed E-state index contributed by atoms with van der Waals surface area (Å²) in [6, 6.07) is 4.21. The summed E-state index contributed by atoms with van der Waals surface area (Å²) in [5.74, 6) is 0.460. The van der Waals surface area contributed by atoms with Crippen LogP contribution in [0.1, 0.15) is 6.42 Å². The molecule has 1 rings (SSSR count). The van der Waals surface area contributed by atoms with Crippen molar-refractivity contribution in [1.29, 1.82) is 0 Å². The zero-order valence-electron chi connectivity index (χ0n) is 8.94. The summed E-state index contributed by atoms with van der Waals surface area (Å²) in [7, 11) is -2.90. The zero-order valence-corrected chi connectivity index (χ0v) is 10.6. The van der Waals surface area contributed by atoms with Gasteiger partial charge in [0.25, 0.3) is 0 Å². The van der Waals surface area contributed by atoms with Gasteiger partial charge in [-0.15, -0.1) is 11.8 Å². The first-order chi connectivity index (χ1) is 7.38. The number of nitrogens with two attached hydrogens (primary N) is 1. The zero-order chi connectivity index (χ0) is 12.2. The van der Waals surface area contributed by atoms with Crippen LogP contribution in [0.15, 0.2) is 23.1 Å². The number of anilines is 1. The molecule has 0 aromatic heterocycles. The smallest absolute Gasteiger partial charge is 0.147 e. The Hall–Kier alpha value is -0.750. The Kier molecular flexibility index (Phi) is 4.61. The minimum absolute atomic E-state index is 0.168. The molecule has 0 saturated carbocycles. The van der Waals surface area contributed by atoms with Crippen LogP contribution >= 0.6 is 11.8 Å². The van der Waals surface area contributed by atoms with Crippen LogP contribution in [0.3, 0.4) is 0 Å². The summed E-state index contributed by atoms with van der Waals surface area (Å²) in [6.07, 6.45) is 1.78. The molecule has 1 aromatic rings. The Labute approximate surface area is 99.1 Å². The van der Waals surface area contributed by atoms with E-state index in [1.807, 2.05) is 0 Å². The lowest BCUT2D eigenvalue weighted by Gasteiger charge is -2.04. The van der Waals surface area contributed by atoms with Crippen molar-refractivity contribution in [3.8, 4) is 0 Å². The molecule has 0 amide bonds. The van der Waals surface area contributed by atoms with E-state index in [2.05, 4.69) is 0 Å². The average Bonchev–Trinajstić information content (AvgIpc) is 2.13. The van der Waals surface area contributed by atoms with E-state index in [0.29, 0.717) is 17.9 Å². The molecule has 0 unspecified atom stereocenters. The van der Waals surface area contributed by atoms with Gasteiger partial charge in [0, 0.05) is 16.8 Å². The monoisotopic (exact) mass is 263 g/mol. The first-order valence-corrected chi connectivity index (χ1v) is 7.78. The fourth-order valence-electron chi connectivity index (χ4n) is 1.15. The molecule has 0 aliphatic rings. The number of hydrogen-bond donors (Lipinski definition) is 1. The van der Waals surface area contributed by atoms with Gasteiger partial charge in [-0.1, -0.05) is 0 Å². The standard InChI is InChI=1S/C10H14FNO2S2/c1-16(13,14)6-2-5-15-10-4-3-8(11)7-9(10)12/h3-4,7H,2,5-6,12H2,1H3. The summed E-state index contributed by atoms with van der Waals surface area (Å²) in [5, 5.41) is 0. The Bertz CT molecular complexity index is 460. The number of hydrogen-bond acceptors (Lipinski definition) is 4. The Morgan fingerprint density at radius 3 is 2.69 bits per heavy atom. The molecule has 0 atom stereocenters. The maximum absolute atomic E-state index is 12.7. The molecule has 0 heterocycles. The first-order valence-electron chi connectivity index (χ1n) is 4.74. The van der Waals surface area contributed by atoms with E-state index < -0.39 is 9.84 Å². The van der Waals surface area contributed by atoms with Crippen molar-refractivity contribution >= 4 is 27.3 Å². The van der Waals surface area contributed by atoms with Gasteiger partial charge >= 0.3 is 0 Å². The van der Waals surface area contributed by atoms with E-state index in [1.54, 1.807) is 6.07 Å². The number of thioether (sulfide) groups is 1. The van der Waals surface area contributed by atoms with E-state index in [9.17, 15) is 12.8 Å². The van der Waals surface area contributed by atoms with Crippen molar-refractivity contribution in [2.45, 2.75) is 11.3 Å². The van der Waals surface area contributed by atoms with Crippen LogP contribution in [-0.2, 0) is 9.84 Å². The van der Waals surface area contributed by atoms with Gasteiger partial charge in [0.1, 0.15) is 15.7 Å². The highest BCUT2D eigenvalue weighted by Crippen LogP contribution is 2.25. The quantitative estimate of drug-likeness (QED) is 0.501. The highest BCUT2D eigenvalue weighted by atomic mass is 32.2. The molecular formula is C10H14FNO2S2. The molecule has 1 aromatic carbocycles. The summed E-state index contributed by atoms with van der Waals surface area (Å²) < 4.78 is 34.5. The predicted octanol–water partition coefficient (Wildman–Crippen LogP) is 1.93. The highest BCUT2D eigenvalue weighted by Gasteiger charge is 2.04. The predicted molar refractivity (Wildman–Crippen MR) is 65.9 cm³/mol. The highest BCUT2D eigenvalue weighted by molar-refractivity contribution is 7.99. The van der Waals surface area contributed by atoms with Crippen LogP contribution in [0.2, 0.25) is 0 Å². The van der Waals surface area contributed by atoms with Crippen LogP contribution in [-0.4, -0.2) is 26.2 Å². The van der Waals surface area contributed by atoms with E-state index in [1.165, 1.54) is 30.2 Å². The van der Waals surface area contributed by atoms with Gasteiger partial charge < -0.3 is 5.73 Å².